The second kappa shape index (κ2) is 15.2. The van der Waals surface area contributed by atoms with E-state index in [0.29, 0.717) is 0 Å². The van der Waals surface area contributed by atoms with Crippen LogP contribution >= 0.6 is 0 Å². The van der Waals surface area contributed by atoms with Gasteiger partial charge >= 0.3 is 0 Å². The molecule has 0 bridgehead atoms. The summed E-state index contributed by atoms with van der Waals surface area (Å²) in [5.74, 6) is 0. The average Bonchev–Trinajstić information content (AvgIpc) is 2.35. The third kappa shape index (κ3) is 15.2. The van der Waals surface area contributed by atoms with Gasteiger partial charge in [0, 0.05) is 0 Å². The van der Waals surface area contributed by atoms with Crippen LogP contribution in [0.2, 0.25) is 0 Å². The molecular formula is C17H30. The summed E-state index contributed by atoms with van der Waals surface area (Å²) in [6.07, 6.45) is 24.0. The molecule has 0 unspecified atom stereocenters. The van der Waals surface area contributed by atoms with Gasteiger partial charge in [-0.15, -0.1) is 6.58 Å². The van der Waals surface area contributed by atoms with Gasteiger partial charge in [-0.05, 0) is 38.5 Å². The normalized spacial score (nSPS) is 11.6. The Hall–Kier alpha value is -0.780. The van der Waals surface area contributed by atoms with Crippen molar-refractivity contribution in [1.82, 2.24) is 0 Å². The Balaban J connectivity index is 3.16. The van der Waals surface area contributed by atoms with Crippen molar-refractivity contribution >= 4 is 0 Å². The third-order valence-electron chi connectivity index (χ3n) is 2.86. The highest BCUT2D eigenvalue weighted by molar-refractivity contribution is 4.92. The zero-order valence-electron chi connectivity index (χ0n) is 11.7. The summed E-state index contributed by atoms with van der Waals surface area (Å²) in [4.78, 5) is 0. The Morgan fingerprint density at radius 3 is 2.00 bits per heavy atom. The van der Waals surface area contributed by atoms with Gasteiger partial charge in [0.05, 0.1) is 0 Å². The molecule has 0 nitrogen and oxygen atoms in total. The molecule has 17 heavy (non-hydrogen) atoms. The third-order valence-corrected chi connectivity index (χ3v) is 2.86. The summed E-state index contributed by atoms with van der Waals surface area (Å²) >= 11 is 0. The lowest BCUT2D eigenvalue weighted by Gasteiger charge is -1.95. The molecule has 0 amide bonds. The Bertz CT molecular complexity index is 198. The van der Waals surface area contributed by atoms with E-state index in [1.165, 1.54) is 51.4 Å². The van der Waals surface area contributed by atoms with E-state index >= 15 is 0 Å². The van der Waals surface area contributed by atoms with Crippen LogP contribution in [0, 0.1) is 0 Å². The van der Waals surface area contributed by atoms with Crippen molar-refractivity contribution in [3.05, 3.63) is 37.0 Å². The van der Waals surface area contributed by atoms with Crippen LogP contribution in [-0.2, 0) is 0 Å². The molecule has 0 aliphatic heterocycles. The first-order chi connectivity index (χ1) is 8.41. The lowest BCUT2D eigenvalue weighted by Crippen LogP contribution is -1.75. The van der Waals surface area contributed by atoms with Gasteiger partial charge in [-0.1, -0.05) is 63.0 Å². The lowest BCUT2D eigenvalue weighted by molar-refractivity contribution is 0.637. The molecule has 0 heterocycles. The average molecular weight is 234 g/mol. The van der Waals surface area contributed by atoms with Crippen LogP contribution in [0.3, 0.4) is 0 Å². The topological polar surface area (TPSA) is 0 Å². The highest BCUT2D eigenvalue weighted by Gasteiger charge is 1.85. The first-order valence-corrected chi connectivity index (χ1v) is 7.32. The van der Waals surface area contributed by atoms with E-state index < -0.39 is 0 Å². The fraction of sp³-hybridized carbons (Fsp3) is 0.647. The molecule has 0 N–H and O–H groups in total. The van der Waals surface area contributed by atoms with Crippen LogP contribution in [0.1, 0.15) is 71.1 Å². The zero-order valence-corrected chi connectivity index (χ0v) is 11.7. The molecular weight excluding hydrogens is 204 g/mol. The van der Waals surface area contributed by atoms with Crippen LogP contribution < -0.4 is 0 Å². The highest BCUT2D eigenvalue weighted by Crippen LogP contribution is 2.05. The first-order valence-electron chi connectivity index (χ1n) is 7.32. The summed E-state index contributed by atoms with van der Waals surface area (Å²) < 4.78 is 0. The van der Waals surface area contributed by atoms with Crippen molar-refractivity contribution in [2.45, 2.75) is 71.1 Å². The predicted molar refractivity (Wildman–Crippen MR) is 80.3 cm³/mol. The fourth-order valence-electron chi connectivity index (χ4n) is 1.75. The SMILES string of the molecule is C=CCCC/C=C\CC=CCCCCCCC. The van der Waals surface area contributed by atoms with Gasteiger partial charge in [-0.25, -0.2) is 0 Å². The maximum Gasteiger partial charge on any atom is -0.0169 e. The Kier molecular flexibility index (Phi) is 14.5. The Morgan fingerprint density at radius 2 is 1.35 bits per heavy atom. The summed E-state index contributed by atoms with van der Waals surface area (Å²) in [5, 5.41) is 0. The quantitative estimate of drug-likeness (QED) is 0.278. The molecule has 0 spiro atoms. The molecule has 0 heteroatoms. The standard InChI is InChI=1S/C17H30/c1-3-5-7-9-11-13-15-17-16-14-12-10-8-6-4-2/h3,11,13,16-17H,1,4-10,12,14-15H2,2H3/b13-11-,17-16?. The number of hydrogen-bond donors (Lipinski definition) is 0. The number of hydrogen-bond acceptors (Lipinski definition) is 0. The largest absolute Gasteiger partial charge is 0.103 e. The number of unbranched alkanes of at least 4 members (excludes halogenated alkanes) is 7. The first kappa shape index (κ1) is 16.2. The van der Waals surface area contributed by atoms with Crippen LogP contribution in [-0.4, -0.2) is 0 Å². The molecule has 0 saturated heterocycles. The summed E-state index contributed by atoms with van der Waals surface area (Å²) in [6.45, 7) is 5.98. The summed E-state index contributed by atoms with van der Waals surface area (Å²) in [6, 6.07) is 0. The molecule has 98 valence electrons. The van der Waals surface area contributed by atoms with Crippen LogP contribution in [0.4, 0.5) is 0 Å². The smallest absolute Gasteiger partial charge is 0.0169 e. The van der Waals surface area contributed by atoms with E-state index in [4.69, 9.17) is 0 Å². The van der Waals surface area contributed by atoms with Gasteiger partial charge in [0.1, 0.15) is 0 Å². The van der Waals surface area contributed by atoms with Crippen molar-refractivity contribution < 1.29 is 0 Å². The zero-order chi connectivity index (χ0) is 12.6. The van der Waals surface area contributed by atoms with E-state index in [1.807, 2.05) is 6.08 Å². The van der Waals surface area contributed by atoms with Gasteiger partial charge in [-0.2, -0.15) is 0 Å². The molecule has 0 aromatic carbocycles. The minimum absolute atomic E-state index is 1.10. The predicted octanol–water partition coefficient (Wildman–Crippen LogP) is 6.21. The van der Waals surface area contributed by atoms with Crippen molar-refractivity contribution in [2.75, 3.05) is 0 Å². The lowest BCUT2D eigenvalue weighted by atomic mass is 10.1. The van der Waals surface area contributed by atoms with E-state index in [9.17, 15) is 0 Å². The monoisotopic (exact) mass is 234 g/mol. The van der Waals surface area contributed by atoms with Crippen LogP contribution in [0.5, 0.6) is 0 Å². The molecule has 0 radical (unpaired) electrons. The van der Waals surface area contributed by atoms with E-state index in [-0.39, 0.29) is 0 Å². The second-order valence-corrected chi connectivity index (χ2v) is 4.60. The molecule has 0 aromatic rings. The minimum atomic E-state index is 1.10. The van der Waals surface area contributed by atoms with E-state index in [0.717, 1.165) is 12.8 Å². The molecule has 0 aliphatic carbocycles. The van der Waals surface area contributed by atoms with Crippen LogP contribution in [0.15, 0.2) is 37.0 Å². The summed E-state index contributed by atoms with van der Waals surface area (Å²) in [5.41, 5.74) is 0. The van der Waals surface area contributed by atoms with Gasteiger partial charge in [-0.3, -0.25) is 0 Å². The maximum atomic E-state index is 3.72. The Morgan fingerprint density at radius 1 is 0.706 bits per heavy atom. The molecule has 0 rings (SSSR count). The Labute approximate surface area is 109 Å². The van der Waals surface area contributed by atoms with Gasteiger partial charge < -0.3 is 0 Å². The summed E-state index contributed by atoms with van der Waals surface area (Å²) in [7, 11) is 0. The second-order valence-electron chi connectivity index (χ2n) is 4.60. The number of rotatable bonds is 12. The van der Waals surface area contributed by atoms with Crippen molar-refractivity contribution in [1.29, 1.82) is 0 Å². The van der Waals surface area contributed by atoms with E-state index in [1.54, 1.807) is 0 Å². The molecule has 0 saturated carbocycles. The molecule has 0 aromatic heterocycles. The van der Waals surface area contributed by atoms with Crippen molar-refractivity contribution in [3.8, 4) is 0 Å². The minimum Gasteiger partial charge on any atom is -0.103 e. The molecule has 0 atom stereocenters. The molecule has 0 aliphatic rings. The van der Waals surface area contributed by atoms with Crippen molar-refractivity contribution in [3.63, 3.8) is 0 Å². The van der Waals surface area contributed by atoms with Crippen molar-refractivity contribution in [2.24, 2.45) is 0 Å². The van der Waals surface area contributed by atoms with E-state index in [2.05, 4.69) is 37.8 Å². The van der Waals surface area contributed by atoms with Gasteiger partial charge in [0.25, 0.3) is 0 Å². The number of allylic oxidation sites excluding steroid dienone is 5. The van der Waals surface area contributed by atoms with Gasteiger partial charge in [0.15, 0.2) is 0 Å². The highest BCUT2D eigenvalue weighted by atomic mass is 13.9. The maximum absolute atomic E-state index is 3.72. The fourth-order valence-corrected chi connectivity index (χ4v) is 1.75. The molecule has 0 fully saturated rings. The van der Waals surface area contributed by atoms with Gasteiger partial charge in [0.2, 0.25) is 0 Å². The van der Waals surface area contributed by atoms with Crippen LogP contribution in [0.25, 0.3) is 0 Å².